The standard InChI is InChI=1S/C16H22FN3O/c1-11-15-9-18-8-12(15)10-20(11)6-5-16(21)19-14-4-2-3-13(17)7-14/h2-4,7,11-12,15,18H,5-6,8-10H2,1H3,(H,19,21). The first-order valence-corrected chi connectivity index (χ1v) is 7.63. The molecule has 21 heavy (non-hydrogen) atoms. The van der Waals surface area contributed by atoms with E-state index in [-0.39, 0.29) is 11.7 Å². The van der Waals surface area contributed by atoms with Gasteiger partial charge in [-0.2, -0.15) is 0 Å². The molecule has 2 aliphatic rings. The summed E-state index contributed by atoms with van der Waals surface area (Å²) >= 11 is 0. The molecule has 114 valence electrons. The Bertz CT molecular complexity index is 522. The molecule has 2 fully saturated rings. The van der Waals surface area contributed by atoms with Gasteiger partial charge in [0.1, 0.15) is 5.82 Å². The number of carbonyl (C=O) groups is 1. The van der Waals surface area contributed by atoms with E-state index in [1.54, 1.807) is 12.1 Å². The van der Waals surface area contributed by atoms with E-state index in [9.17, 15) is 9.18 Å². The SMILES string of the molecule is CC1C2CNCC2CN1CCC(=O)Nc1cccc(F)c1. The van der Waals surface area contributed by atoms with Crippen LogP contribution >= 0.6 is 0 Å². The maximum atomic E-state index is 13.1. The summed E-state index contributed by atoms with van der Waals surface area (Å²) in [6, 6.07) is 6.55. The van der Waals surface area contributed by atoms with Gasteiger partial charge >= 0.3 is 0 Å². The Morgan fingerprint density at radius 2 is 2.33 bits per heavy atom. The van der Waals surface area contributed by atoms with Gasteiger partial charge in [0.15, 0.2) is 0 Å². The van der Waals surface area contributed by atoms with E-state index in [1.165, 1.54) is 12.1 Å². The van der Waals surface area contributed by atoms with Gasteiger partial charge in [0, 0.05) is 31.2 Å². The highest BCUT2D eigenvalue weighted by Gasteiger charge is 2.41. The molecule has 5 heteroatoms. The predicted molar refractivity (Wildman–Crippen MR) is 80.5 cm³/mol. The quantitative estimate of drug-likeness (QED) is 0.887. The van der Waals surface area contributed by atoms with Gasteiger partial charge in [-0.1, -0.05) is 6.07 Å². The third-order valence-corrected chi connectivity index (χ3v) is 4.79. The number of amides is 1. The first-order chi connectivity index (χ1) is 10.1. The van der Waals surface area contributed by atoms with Crippen molar-refractivity contribution in [2.45, 2.75) is 19.4 Å². The molecular weight excluding hydrogens is 269 g/mol. The van der Waals surface area contributed by atoms with E-state index < -0.39 is 0 Å². The summed E-state index contributed by atoms with van der Waals surface area (Å²) in [6.07, 6.45) is 0.452. The molecule has 2 saturated heterocycles. The van der Waals surface area contributed by atoms with Gasteiger partial charge in [-0.05, 0) is 50.0 Å². The maximum absolute atomic E-state index is 13.1. The van der Waals surface area contributed by atoms with Gasteiger partial charge in [-0.15, -0.1) is 0 Å². The zero-order chi connectivity index (χ0) is 14.8. The monoisotopic (exact) mass is 291 g/mol. The van der Waals surface area contributed by atoms with Crippen molar-refractivity contribution < 1.29 is 9.18 Å². The lowest BCUT2D eigenvalue weighted by atomic mass is 9.95. The number of nitrogens with one attached hydrogen (secondary N) is 2. The van der Waals surface area contributed by atoms with Crippen LogP contribution in [-0.2, 0) is 4.79 Å². The second-order valence-electron chi connectivity index (χ2n) is 6.13. The topological polar surface area (TPSA) is 44.4 Å². The molecule has 1 aromatic carbocycles. The fourth-order valence-electron chi connectivity index (χ4n) is 3.59. The van der Waals surface area contributed by atoms with Gasteiger partial charge in [-0.25, -0.2) is 4.39 Å². The molecule has 3 rings (SSSR count). The molecule has 0 bridgehead atoms. The Hall–Kier alpha value is -1.46. The summed E-state index contributed by atoms with van der Waals surface area (Å²) in [7, 11) is 0. The first kappa shape index (κ1) is 14.5. The molecule has 0 spiro atoms. The minimum absolute atomic E-state index is 0.0528. The number of carbonyl (C=O) groups excluding carboxylic acids is 1. The highest BCUT2D eigenvalue weighted by atomic mass is 19.1. The molecular formula is C16H22FN3O. The Morgan fingerprint density at radius 1 is 1.48 bits per heavy atom. The van der Waals surface area contributed by atoms with E-state index in [2.05, 4.69) is 22.5 Å². The van der Waals surface area contributed by atoms with Crippen LogP contribution in [0.4, 0.5) is 10.1 Å². The van der Waals surface area contributed by atoms with E-state index >= 15 is 0 Å². The van der Waals surface area contributed by atoms with Crippen molar-refractivity contribution in [2.24, 2.45) is 11.8 Å². The summed E-state index contributed by atoms with van der Waals surface area (Å²) < 4.78 is 13.1. The lowest BCUT2D eigenvalue weighted by molar-refractivity contribution is -0.116. The minimum Gasteiger partial charge on any atom is -0.326 e. The Labute approximate surface area is 124 Å². The van der Waals surface area contributed by atoms with Crippen molar-refractivity contribution in [3.05, 3.63) is 30.1 Å². The molecule has 2 heterocycles. The molecule has 0 saturated carbocycles. The van der Waals surface area contributed by atoms with Crippen LogP contribution in [0.5, 0.6) is 0 Å². The highest BCUT2D eigenvalue weighted by molar-refractivity contribution is 5.90. The largest absolute Gasteiger partial charge is 0.326 e. The van der Waals surface area contributed by atoms with Crippen molar-refractivity contribution in [2.75, 3.05) is 31.5 Å². The highest BCUT2D eigenvalue weighted by Crippen LogP contribution is 2.32. The molecule has 0 radical (unpaired) electrons. The van der Waals surface area contributed by atoms with Crippen LogP contribution in [0.3, 0.4) is 0 Å². The Kier molecular flexibility index (Phi) is 4.22. The molecule has 2 aliphatic heterocycles. The fraction of sp³-hybridized carbons (Fsp3) is 0.562. The maximum Gasteiger partial charge on any atom is 0.225 e. The summed E-state index contributed by atoms with van der Waals surface area (Å²) in [5, 5.41) is 6.19. The third-order valence-electron chi connectivity index (χ3n) is 4.79. The summed E-state index contributed by atoms with van der Waals surface area (Å²) in [5.41, 5.74) is 0.524. The molecule has 3 unspecified atom stereocenters. The Balaban J connectivity index is 1.48. The van der Waals surface area contributed by atoms with Crippen molar-refractivity contribution in [3.8, 4) is 0 Å². The smallest absolute Gasteiger partial charge is 0.225 e. The fourth-order valence-corrected chi connectivity index (χ4v) is 3.59. The van der Waals surface area contributed by atoms with Crippen LogP contribution in [0.15, 0.2) is 24.3 Å². The van der Waals surface area contributed by atoms with Crippen LogP contribution in [0.25, 0.3) is 0 Å². The number of nitrogens with zero attached hydrogens (tertiary/aromatic N) is 1. The lowest BCUT2D eigenvalue weighted by Crippen LogP contribution is -2.35. The number of likely N-dealkylation sites (tertiary alicyclic amines) is 1. The van der Waals surface area contributed by atoms with Crippen molar-refractivity contribution in [3.63, 3.8) is 0 Å². The molecule has 1 amide bonds. The van der Waals surface area contributed by atoms with Gasteiger partial charge in [0.2, 0.25) is 5.91 Å². The molecule has 1 aromatic rings. The second-order valence-corrected chi connectivity index (χ2v) is 6.13. The normalized spacial score (nSPS) is 28.6. The van der Waals surface area contributed by atoms with Crippen LogP contribution in [0, 0.1) is 17.7 Å². The lowest BCUT2D eigenvalue weighted by Gasteiger charge is -2.23. The van der Waals surface area contributed by atoms with Crippen molar-refractivity contribution in [1.82, 2.24) is 10.2 Å². The van der Waals surface area contributed by atoms with E-state index in [1.807, 2.05) is 0 Å². The zero-order valence-corrected chi connectivity index (χ0v) is 12.3. The first-order valence-electron chi connectivity index (χ1n) is 7.63. The number of fused-ring (bicyclic) bond motifs is 1. The summed E-state index contributed by atoms with van der Waals surface area (Å²) in [4.78, 5) is 14.4. The van der Waals surface area contributed by atoms with Gasteiger partial charge in [-0.3, -0.25) is 9.69 Å². The second kappa shape index (κ2) is 6.12. The Morgan fingerprint density at radius 3 is 3.10 bits per heavy atom. The number of hydrogen-bond acceptors (Lipinski definition) is 3. The third kappa shape index (κ3) is 3.24. The summed E-state index contributed by atoms with van der Waals surface area (Å²) in [5.74, 6) is 1.06. The molecule has 0 aliphatic carbocycles. The number of rotatable bonds is 4. The minimum atomic E-state index is -0.332. The predicted octanol–water partition coefficient (Wildman–Crippen LogP) is 1.69. The molecule has 3 atom stereocenters. The number of benzene rings is 1. The number of anilines is 1. The van der Waals surface area contributed by atoms with Gasteiger partial charge < -0.3 is 10.6 Å². The average Bonchev–Trinajstić information content (AvgIpc) is 3.00. The molecule has 2 N–H and O–H groups in total. The zero-order valence-electron chi connectivity index (χ0n) is 12.3. The average molecular weight is 291 g/mol. The number of halogens is 1. The molecule has 0 aromatic heterocycles. The van der Waals surface area contributed by atoms with Crippen LogP contribution < -0.4 is 10.6 Å². The van der Waals surface area contributed by atoms with Crippen molar-refractivity contribution >= 4 is 11.6 Å². The van der Waals surface area contributed by atoms with Crippen LogP contribution in [0.1, 0.15) is 13.3 Å². The number of hydrogen-bond donors (Lipinski definition) is 2. The molecule has 4 nitrogen and oxygen atoms in total. The van der Waals surface area contributed by atoms with E-state index in [4.69, 9.17) is 0 Å². The van der Waals surface area contributed by atoms with Crippen molar-refractivity contribution in [1.29, 1.82) is 0 Å². The van der Waals surface area contributed by atoms with Crippen LogP contribution in [-0.4, -0.2) is 43.0 Å². The van der Waals surface area contributed by atoms with Gasteiger partial charge in [0.05, 0.1) is 0 Å². The van der Waals surface area contributed by atoms with E-state index in [0.717, 1.165) is 38.0 Å². The van der Waals surface area contributed by atoms with E-state index in [0.29, 0.717) is 18.2 Å². The summed E-state index contributed by atoms with van der Waals surface area (Å²) in [6.45, 7) is 6.29. The van der Waals surface area contributed by atoms with Gasteiger partial charge in [0.25, 0.3) is 0 Å². The van der Waals surface area contributed by atoms with Crippen LogP contribution in [0.2, 0.25) is 0 Å².